The molecule has 5 nitrogen and oxygen atoms in total. The molecule has 1 aromatic carbocycles. The lowest BCUT2D eigenvalue weighted by Crippen LogP contribution is -2.00. The van der Waals surface area contributed by atoms with Crippen molar-refractivity contribution in [3.63, 3.8) is 0 Å². The number of aromatic nitrogens is 1. The van der Waals surface area contributed by atoms with Gasteiger partial charge in [0.2, 0.25) is 0 Å². The van der Waals surface area contributed by atoms with E-state index in [-0.39, 0.29) is 5.69 Å². The summed E-state index contributed by atoms with van der Waals surface area (Å²) < 4.78 is 11.2. The molecule has 0 aliphatic rings. The normalized spacial score (nSPS) is 10.1. The lowest BCUT2D eigenvalue weighted by Gasteiger charge is -2.11. The molecule has 0 amide bonds. The van der Waals surface area contributed by atoms with Gasteiger partial charge in [0.1, 0.15) is 5.75 Å². The number of carboxylic acids is 1. The van der Waals surface area contributed by atoms with Crippen LogP contribution in [0.3, 0.4) is 0 Å². The summed E-state index contributed by atoms with van der Waals surface area (Å²) in [7, 11) is 0. The molecule has 1 N–H and O–H groups in total. The number of aromatic carboxylic acids is 1. The summed E-state index contributed by atoms with van der Waals surface area (Å²) in [4.78, 5) is 14.6. The van der Waals surface area contributed by atoms with Gasteiger partial charge in [0, 0.05) is 12.3 Å². The molecular formula is C15H15NO4. The molecule has 0 bridgehead atoms. The maximum Gasteiger partial charge on any atom is 0.354 e. The quantitative estimate of drug-likeness (QED) is 0.874. The monoisotopic (exact) mass is 273 g/mol. The van der Waals surface area contributed by atoms with Gasteiger partial charge in [-0.05, 0) is 24.6 Å². The Morgan fingerprint density at radius 1 is 1.25 bits per heavy atom. The van der Waals surface area contributed by atoms with Crippen molar-refractivity contribution < 1.29 is 19.4 Å². The highest BCUT2D eigenvalue weighted by Gasteiger charge is 2.09. The molecule has 0 aliphatic heterocycles. The molecule has 104 valence electrons. The van der Waals surface area contributed by atoms with Gasteiger partial charge in [0.15, 0.2) is 17.2 Å². The zero-order valence-corrected chi connectivity index (χ0v) is 11.1. The van der Waals surface area contributed by atoms with Crippen molar-refractivity contribution in [3.8, 4) is 17.2 Å². The molecule has 20 heavy (non-hydrogen) atoms. The fourth-order valence-electron chi connectivity index (χ4n) is 1.58. The van der Waals surface area contributed by atoms with Crippen LogP contribution in [0.5, 0.6) is 17.2 Å². The average Bonchev–Trinajstić information content (AvgIpc) is 2.46. The zero-order valence-electron chi connectivity index (χ0n) is 11.1. The molecule has 1 heterocycles. The summed E-state index contributed by atoms with van der Waals surface area (Å²) in [6.07, 6.45) is 2.29. The largest absolute Gasteiger partial charge is 0.490 e. The molecule has 0 aliphatic carbocycles. The van der Waals surface area contributed by atoms with E-state index in [9.17, 15) is 4.79 Å². The van der Waals surface area contributed by atoms with Gasteiger partial charge in [-0.15, -0.1) is 0 Å². The van der Waals surface area contributed by atoms with Crippen molar-refractivity contribution in [3.05, 3.63) is 48.3 Å². The minimum atomic E-state index is -1.09. The second kappa shape index (κ2) is 6.56. The molecule has 2 rings (SSSR count). The summed E-state index contributed by atoms with van der Waals surface area (Å²) in [5.74, 6) is 0.488. The molecule has 0 radical (unpaired) electrons. The molecule has 0 atom stereocenters. The first kappa shape index (κ1) is 13.9. The number of para-hydroxylation sites is 2. The second-order valence-corrected chi connectivity index (χ2v) is 4.08. The summed E-state index contributed by atoms with van der Waals surface area (Å²) in [5.41, 5.74) is -0.0607. The van der Waals surface area contributed by atoms with Crippen LogP contribution in [0, 0.1) is 0 Å². The number of hydrogen-bond acceptors (Lipinski definition) is 4. The Hall–Kier alpha value is -2.56. The number of hydrogen-bond donors (Lipinski definition) is 1. The first-order valence-electron chi connectivity index (χ1n) is 6.29. The Bertz CT molecular complexity index is 598. The summed E-state index contributed by atoms with van der Waals surface area (Å²) >= 11 is 0. The maximum atomic E-state index is 10.9. The summed E-state index contributed by atoms with van der Waals surface area (Å²) in [6, 6.07) is 10.2. The number of rotatable bonds is 6. The summed E-state index contributed by atoms with van der Waals surface area (Å²) in [6.45, 7) is 2.61. The molecule has 0 saturated heterocycles. The number of benzene rings is 1. The highest BCUT2D eigenvalue weighted by Crippen LogP contribution is 2.31. The lowest BCUT2D eigenvalue weighted by atomic mass is 10.3. The van der Waals surface area contributed by atoms with Crippen LogP contribution in [0.2, 0.25) is 0 Å². The van der Waals surface area contributed by atoms with Gasteiger partial charge in [0.25, 0.3) is 0 Å². The fourth-order valence-corrected chi connectivity index (χ4v) is 1.58. The van der Waals surface area contributed by atoms with Crippen LogP contribution in [0.15, 0.2) is 42.6 Å². The predicted molar refractivity (Wildman–Crippen MR) is 73.5 cm³/mol. The minimum absolute atomic E-state index is 0.0607. The lowest BCUT2D eigenvalue weighted by molar-refractivity contribution is 0.0690. The fraction of sp³-hybridized carbons (Fsp3) is 0.200. The number of ether oxygens (including phenoxy) is 2. The number of carboxylic acid groups (broad SMARTS) is 1. The molecule has 0 unspecified atom stereocenters. The van der Waals surface area contributed by atoms with Crippen molar-refractivity contribution in [2.24, 2.45) is 0 Å². The predicted octanol–water partition coefficient (Wildman–Crippen LogP) is 3.36. The van der Waals surface area contributed by atoms with Crippen molar-refractivity contribution in [2.75, 3.05) is 6.61 Å². The maximum absolute atomic E-state index is 10.9. The van der Waals surface area contributed by atoms with Gasteiger partial charge < -0.3 is 14.6 Å². The Morgan fingerprint density at radius 3 is 2.70 bits per heavy atom. The van der Waals surface area contributed by atoms with Gasteiger partial charge in [-0.1, -0.05) is 19.1 Å². The van der Waals surface area contributed by atoms with Crippen molar-refractivity contribution >= 4 is 5.97 Å². The van der Waals surface area contributed by atoms with Crippen LogP contribution in [-0.4, -0.2) is 22.7 Å². The van der Waals surface area contributed by atoms with Crippen molar-refractivity contribution in [2.45, 2.75) is 13.3 Å². The van der Waals surface area contributed by atoms with Gasteiger partial charge in [-0.2, -0.15) is 0 Å². The van der Waals surface area contributed by atoms with E-state index in [1.54, 1.807) is 12.1 Å². The van der Waals surface area contributed by atoms with Crippen LogP contribution < -0.4 is 9.47 Å². The molecule has 2 aromatic rings. The topological polar surface area (TPSA) is 68.7 Å². The minimum Gasteiger partial charge on any atom is -0.490 e. The van der Waals surface area contributed by atoms with Gasteiger partial charge in [-0.25, -0.2) is 9.78 Å². The Morgan fingerprint density at radius 2 is 2.00 bits per heavy atom. The second-order valence-electron chi connectivity index (χ2n) is 4.08. The number of nitrogens with zero attached hydrogens (tertiary/aromatic N) is 1. The van der Waals surface area contributed by atoms with Crippen molar-refractivity contribution in [1.29, 1.82) is 0 Å². The number of carbonyl (C=O) groups is 1. The molecular weight excluding hydrogens is 258 g/mol. The SMILES string of the molecule is CCCOc1ccccc1Oc1ccnc(C(=O)O)c1. The Labute approximate surface area is 116 Å². The van der Waals surface area contributed by atoms with Crippen LogP contribution in [0.25, 0.3) is 0 Å². The molecule has 5 heteroatoms. The Balaban J connectivity index is 2.21. The van der Waals surface area contributed by atoms with Crippen LogP contribution in [0.4, 0.5) is 0 Å². The zero-order chi connectivity index (χ0) is 14.4. The highest BCUT2D eigenvalue weighted by atomic mass is 16.5. The van der Waals surface area contributed by atoms with Crippen LogP contribution >= 0.6 is 0 Å². The van der Waals surface area contributed by atoms with Crippen molar-refractivity contribution in [1.82, 2.24) is 4.98 Å². The van der Waals surface area contributed by atoms with Crippen LogP contribution in [-0.2, 0) is 0 Å². The standard InChI is InChI=1S/C15H15NO4/c1-2-9-19-13-5-3-4-6-14(13)20-11-7-8-16-12(10-11)15(17)18/h3-8,10H,2,9H2,1H3,(H,17,18). The van der Waals surface area contributed by atoms with E-state index < -0.39 is 5.97 Å². The van der Waals surface area contributed by atoms with Gasteiger partial charge >= 0.3 is 5.97 Å². The third-order valence-corrected chi connectivity index (χ3v) is 2.49. The third-order valence-electron chi connectivity index (χ3n) is 2.49. The smallest absolute Gasteiger partial charge is 0.354 e. The first-order valence-corrected chi connectivity index (χ1v) is 6.29. The van der Waals surface area contributed by atoms with E-state index in [0.717, 1.165) is 6.42 Å². The Kier molecular flexibility index (Phi) is 4.55. The first-order chi connectivity index (χ1) is 9.70. The van der Waals surface area contributed by atoms with E-state index in [4.69, 9.17) is 14.6 Å². The molecule has 0 fully saturated rings. The highest BCUT2D eigenvalue weighted by molar-refractivity contribution is 5.85. The number of pyridine rings is 1. The van der Waals surface area contributed by atoms with E-state index in [1.807, 2.05) is 25.1 Å². The van der Waals surface area contributed by atoms with Gasteiger partial charge in [-0.3, -0.25) is 0 Å². The average molecular weight is 273 g/mol. The van der Waals surface area contributed by atoms with E-state index in [1.165, 1.54) is 12.3 Å². The van der Waals surface area contributed by atoms with E-state index in [2.05, 4.69) is 4.98 Å². The van der Waals surface area contributed by atoms with Gasteiger partial charge in [0.05, 0.1) is 6.61 Å². The molecule has 0 spiro atoms. The van der Waals surface area contributed by atoms with E-state index in [0.29, 0.717) is 23.9 Å². The molecule has 0 saturated carbocycles. The third kappa shape index (κ3) is 3.47. The van der Waals surface area contributed by atoms with Crippen LogP contribution in [0.1, 0.15) is 23.8 Å². The van der Waals surface area contributed by atoms with E-state index >= 15 is 0 Å². The summed E-state index contributed by atoms with van der Waals surface area (Å²) in [5, 5.41) is 8.90. The molecule has 1 aromatic heterocycles.